The molecule has 7 heteroatoms. The van der Waals surface area contributed by atoms with Crippen LogP contribution in [0.15, 0.2) is 42.5 Å². The lowest BCUT2D eigenvalue weighted by Crippen LogP contribution is -2.48. The highest BCUT2D eigenvalue weighted by molar-refractivity contribution is 6.31. The number of ether oxygens (including phenoxy) is 2. The SMILES string of the molecule is COc1ccc(C(=O)N(C(=O)N2CCCCC2)c2cccc(Cl)c2)c(OC)c1. The molecule has 2 aromatic carbocycles. The molecule has 6 nitrogen and oxygen atoms in total. The molecule has 1 aliphatic heterocycles. The summed E-state index contributed by atoms with van der Waals surface area (Å²) in [5.41, 5.74) is 0.694. The van der Waals surface area contributed by atoms with Crippen molar-refractivity contribution in [3.63, 3.8) is 0 Å². The second-order valence-electron chi connectivity index (χ2n) is 6.52. The van der Waals surface area contributed by atoms with Crippen LogP contribution in [0.2, 0.25) is 5.02 Å². The summed E-state index contributed by atoms with van der Waals surface area (Å²) in [4.78, 5) is 29.6. The Balaban J connectivity index is 2.03. The van der Waals surface area contributed by atoms with Crippen LogP contribution in [-0.2, 0) is 0 Å². The van der Waals surface area contributed by atoms with Gasteiger partial charge < -0.3 is 14.4 Å². The molecule has 1 fully saturated rings. The van der Waals surface area contributed by atoms with Gasteiger partial charge >= 0.3 is 6.03 Å². The van der Waals surface area contributed by atoms with Crippen LogP contribution in [0.5, 0.6) is 11.5 Å². The second kappa shape index (κ2) is 8.97. The highest BCUT2D eigenvalue weighted by atomic mass is 35.5. The zero-order valence-electron chi connectivity index (χ0n) is 16.0. The lowest BCUT2D eigenvalue weighted by molar-refractivity contribution is 0.0980. The minimum Gasteiger partial charge on any atom is -0.497 e. The first-order valence-electron chi connectivity index (χ1n) is 9.16. The van der Waals surface area contributed by atoms with Gasteiger partial charge in [0.05, 0.1) is 25.5 Å². The maximum Gasteiger partial charge on any atom is 0.331 e. The van der Waals surface area contributed by atoms with E-state index >= 15 is 0 Å². The van der Waals surface area contributed by atoms with Crippen molar-refractivity contribution in [2.24, 2.45) is 0 Å². The molecule has 0 saturated carbocycles. The number of piperidine rings is 1. The third-order valence-corrected chi connectivity index (χ3v) is 4.96. The van der Waals surface area contributed by atoms with Crippen molar-refractivity contribution >= 4 is 29.2 Å². The molecule has 0 radical (unpaired) electrons. The van der Waals surface area contributed by atoms with Crippen LogP contribution in [0.25, 0.3) is 0 Å². The zero-order chi connectivity index (χ0) is 20.1. The highest BCUT2D eigenvalue weighted by Gasteiger charge is 2.31. The van der Waals surface area contributed by atoms with E-state index in [9.17, 15) is 9.59 Å². The van der Waals surface area contributed by atoms with Gasteiger partial charge in [-0.05, 0) is 49.6 Å². The molecule has 0 aliphatic carbocycles. The first-order valence-corrected chi connectivity index (χ1v) is 9.54. The van der Waals surface area contributed by atoms with Crippen LogP contribution in [-0.4, -0.2) is 44.1 Å². The number of benzene rings is 2. The van der Waals surface area contributed by atoms with Crippen LogP contribution < -0.4 is 14.4 Å². The Kier molecular flexibility index (Phi) is 6.41. The van der Waals surface area contributed by atoms with Crippen molar-refractivity contribution in [2.45, 2.75) is 19.3 Å². The van der Waals surface area contributed by atoms with Crippen molar-refractivity contribution in [3.05, 3.63) is 53.1 Å². The van der Waals surface area contributed by atoms with Gasteiger partial charge in [0.2, 0.25) is 0 Å². The molecule has 0 unspecified atom stereocenters. The molecule has 148 valence electrons. The zero-order valence-corrected chi connectivity index (χ0v) is 16.7. The van der Waals surface area contributed by atoms with E-state index in [0.717, 1.165) is 19.3 Å². The number of urea groups is 1. The molecule has 1 heterocycles. The fraction of sp³-hybridized carbons (Fsp3) is 0.333. The Labute approximate surface area is 169 Å². The lowest BCUT2D eigenvalue weighted by atomic mass is 10.1. The third kappa shape index (κ3) is 4.22. The van der Waals surface area contributed by atoms with E-state index in [2.05, 4.69) is 0 Å². The maximum atomic E-state index is 13.4. The van der Waals surface area contributed by atoms with Crippen LogP contribution >= 0.6 is 11.6 Å². The van der Waals surface area contributed by atoms with E-state index < -0.39 is 5.91 Å². The van der Waals surface area contributed by atoms with Gasteiger partial charge in [0.15, 0.2) is 0 Å². The van der Waals surface area contributed by atoms with E-state index in [0.29, 0.717) is 35.3 Å². The molecule has 0 atom stereocenters. The Morgan fingerprint density at radius 3 is 2.39 bits per heavy atom. The molecule has 2 aromatic rings. The number of imide groups is 1. The summed E-state index contributed by atoms with van der Waals surface area (Å²) in [5.74, 6) is 0.422. The largest absolute Gasteiger partial charge is 0.497 e. The average molecular weight is 403 g/mol. The molecule has 0 aromatic heterocycles. The summed E-state index contributed by atoms with van der Waals surface area (Å²) in [7, 11) is 3.01. The van der Waals surface area contributed by atoms with Crippen molar-refractivity contribution in [1.29, 1.82) is 0 Å². The monoisotopic (exact) mass is 402 g/mol. The van der Waals surface area contributed by atoms with Crippen molar-refractivity contribution in [1.82, 2.24) is 4.90 Å². The maximum absolute atomic E-state index is 13.4. The Bertz CT molecular complexity index is 865. The number of amides is 3. The Hall–Kier alpha value is -2.73. The number of likely N-dealkylation sites (tertiary alicyclic amines) is 1. The number of nitrogens with zero attached hydrogens (tertiary/aromatic N) is 2. The number of hydrogen-bond donors (Lipinski definition) is 0. The van der Waals surface area contributed by atoms with Gasteiger partial charge in [0.25, 0.3) is 5.91 Å². The molecular formula is C21H23ClN2O4. The smallest absolute Gasteiger partial charge is 0.331 e. The normalized spacial score (nSPS) is 13.8. The van der Waals surface area contributed by atoms with Gasteiger partial charge in [-0.2, -0.15) is 0 Å². The fourth-order valence-electron chi connectivity index (χ4n) is 3.25. The van der Waals surface area contributed by atoms with E-state index in [-0.39, 0.29) is 11.6 Å². The quantitative estimate of drug-likeness (QED) is 0.749. The minimum atomic E-state index is -0.475. The van der Waals surface area contributed by atoms with Gasteiger partial charge in [-0.3, -0.25) is 4.79 Å². The number of rotatable bonds is 4. The lowest BCUT2D eigenvalue weighted by Gasteiger charge is -2.32. The average Bonchev–Trinajstić information content (AvgIpc) is 2.74. The van der Waals surface area contributed by atoms with Gasteiger partial charge in [0, 0.05) is 24.2 Å². The molecule has 1 saturated heterocycles. The molecule has 0 spiro atoms. The van der Waals surface area contributed by atoms with Crippen molar-refractivity contribution in [2.75, 3.05) is 32.2 Å². The number of hydrogen-bond acceptors (Lipinski definition) is 4. The minimum absolute atomic E-state index is 0.272. The molecular weight excluding hydrogens is 380 g/mol. The summed E-state index contributed by atoms with van der Waals surface area (Å²) in [6.07, 6.45) is 2.94. The van der Waals surface area contributed by atoms with Crippen LogP contribution in [0.1, 0.15) is 29.6 Å². The summed E-state index contributed by atoms with van der Waals surface area (Å²) in [6.45, 7) is 1.26. The van der Waals surface area contributed by atoms with E-state index in [4.69, 9.17) is 21.1 Å². The highest BCUT2D eigenvalue weighted by Crippen LogP contribution is 2.29. The molecule has 0 N–H and O–H groups in total. The van der Waals surface area contributed by atoms with Crippen molar-refractivity contribution in [3.8, 4) is 11.5 Å². The second-order valence-corrected chi connectivity index (χ2v) is 6.95. The summed E-state index contributed by atoms with van der Waals surface area (Å²) in [6, 6.07) is 11.2. The number of carbonyl (C=O) groups is 2. The topological polar surface area (TPSA) is 59.1 Å². The fourth-order valence-corrected chi connectivity index (χ4v) is 3.44. The predicted molar refractivity (Wildman–Crippen MR) is 109 cm³/mol. The molecule has 28 heavy (non-hydrogen) atoms. The summed E-state index contributed by atoms with van der Waals surface area (Å²) in [5, 5.41) is 0.448. The van der Waals surface area contributed by atoms with E-state index in [1.165, 1.54) is 19.1 Å². The van der Waals surface area contributed by atoms with Crippen molar-refractivity contribution < 1.29 is 19.1 Å². The summed E-state index contributed by atoms with van der Waals surface area (Å²) < 4.78 is 10.6. The Morgan fingerprint density at radius 1 is 1.00 bits per heavy atom. The van der Waals surface area contributed by atoms with Gasteiger partial charge in [-0.15, -0.1) is 0 Å². The van der Waals surface area contributed by atoms with Crippen LogP contribution in [0.4, 0.5) is 10.5 Å². The molecule has 0 bridgehead atoms. The first kappa shape index (κ1) is 20.0. The van der Waals surface area contributed by atoms with Gasteiger partial charge in [-0.25, -0.2) is 9.69 Å². The third-order valence-electron chi connectivity index (χ3n) is 4.73. The van der Waals surface area contributed by atoms with Gasteiger partial charge in [-0.1, -0.05) is 17.7 Å². The number of carbonyl (C=O) groups excluding carboxylic acids is 2. The Morgan fingerprint density at radius 2 is 1.75 bits per heavy atom. The summed E-state index contributed by atoms with van der Waals surface area (Å²) >= 11 is 6.12. The van der Waals surface area contributed by atoms with Gasteiger partial charge in [0.1, 0.15) is 11.5 Å². The number of methoxy groups -OCH3 is 2. The van der Waals surface area contributed by atoms with Crippen LogP contribution in [0, 0.1) is 0 Å². The first-order chi connectivity index (χ1) is 13.5. The molecule has 3 amide bonds. The standard InChI is InChI=1S/C21H23ClN2O4/c1-27-17-9-10-18(19(14-17)28-2)20(25)24(16-8-6-7-15(22)13-16)21(26)23-11-4-3-5-12-23/h6-10,13-14H,3-5,11-12H2,1-2H3. The number of halogens is 1. The molecule has 1 aliphatic rings. The number of anilines is 1. The van der Waals surface area contributed by atoms with E-state index in [1.807, 2.05) is 0 Å². The van der Waals surface area contributed by atoms with E-state index in [1.54, 1.807) is 47.4 Å². The van der Waals surface area contributed by atoms with Crippen LogP contribution in [0.3, 0.4) is 0 Å². The predicted octanol–water partition coefficient (Wildman–Crippen LogP) is 4.61. The molecule has 3 rings (SSSR count).